The first-order chi connectivity index (χ1) is 4.13. The highest BCUT2D eigenvalue weighted by molar-refractivity contribution is 4.89. The molecule has 0 radical (unpaired) electrons. The van der Waals surface area contributed by atoms with E-state index in [0.29, 0.717) is 0 Å². The maximum Gasteiger partial charge on any atom is 0.0716 e. The fourth-order valence-corrected chi connectivity index (χ4v) is 1.34. The van der Waals surface area contributed by atoms with Gasteiger partial charge in [0.2, 0.25) is 0 Å². The van der Waals surface area contributed by atoms with Crippen LogP contribution in [0.1, 0.15) is 32.6 Å². The smallest absolute Gasteiger partial charge is 0.0716 e. The van der Waals surface area contributed by atoms with Crippen LogP contribution in [0.3, 0.4) is 0 Å². The van der Waals surface area contributed by atoms with Gasteiger partial charge in [0, 0.05) is 5.54 Å². The second-order valence-corrected chi connectivity index (χ2v) is 3.27. The Hall–Kier alpha value is -0.0800. The second-order valence-electron chi connectivity index (χ2n) is 3.27. The lowest BCUT2D eigenvalue weighted by molar-refractivity contribution is 0.0571. The lowest BCUT2D eigenvalue weighted by atomic mass is 9.82. The Labute approximate surface area is 56.1 Å². The zero-order valence-corrected chi connectivity index (χ0v) is 5.93. The van der Waals surface area contributed by atoms with Crippen molar-refractivity contribution in [1.29, 1.82) is 0 Å². The standard InChI is InChI=1S/C7H15NO/c1-7(8)5-3-2-4-6(7)9/h6,9H,2-5,8H2,1H3/t6?,7-/m0/s1. The van der Waals surface area contributed by atoms with Crippen molar-refractivity contribution >= 4 is 0 Å². The van der Waals surface area contributed by atoms with Gasteiger partial charge in [0.1, 0.15) is 0 Å². The molecule has 0 aromatic carbocycles. The van der Waals surface area contributed by atoms with Gasteiger partial charge in [-0.3, -0.25) is 0 Å². The van der Waals surface area contributed by atoms with E-state index in [1.165, 1.54) is 6.42 Å². The topological polar surface area (TPSA) is 46.2 Å². The molecule has 0 amide bonds. The van der Waals surface area contributed by atoms with Crippen molar-refractivity contribution in [3.63, 3.8) is 0 Å². The Morgan fingerprint density at radius 3 is 2.56 bits per heavy atom. The summed E-state index contributed by atoms with van der Waals surface area (Å²) in [6.45, 7) is 1.93. The summed E-state index contributed by atoms with van der Waals surface area (Å²) in [5.74, 6) is 0. The summed E-state index contributed by atoms with van der Waals surface area (Å²) in [4.78, 5) is 0. The molecule has 2 atom stereocenters. The van der Waals surface area contributed by atoms with Gasteiger partial charge in [0.15, 0.2) is 0 Å². The summed E-state index contributed by atoms with van der Waals surface area (Å²) in [6, 6.07) is 0. The third-order valence-corrected chi connectivity index (χ3v) is 2.20. The van der Waals surface area contributed by atoms with Gasteiger partial charge < -0.3 is 10.8 Å². The number of hydrogen-bond acceptors (Lipinski definition) is 2. The van der Waals surface area contributed by atoms with Gasteiger partial charge in [-0.15, -0.1) is 0 Å². The number of hydrogen-bond donors (Lipinski definition) is 2. The van der Waals surface area contributed by atoms with Crippen LogP contribution in [0.25, 0.3) is 0 Å². The summed E-state index contributed by atoms with van der Waals surface area (Å²) in [6.07, 6.45) is 3.88. The Morgan fingerprint density at radius 2 is 2.22 bits per heavy atom. The maximum absolute atomic E-state index is 9.31. The van der Waals surface area contributed by atoms with Crippen molar-refractivity contribution < 1.29 is 5.11 Å². The van der Waals surface area contributed by atoms with Crippen LogP contribution in [0.5, 0.6) is 0 Å². The summed E-state index contributed by atoms with van der Waals surface area (Å²) in [5, 5.41) is 9.31. The number of nitrogens with two attached hydrogens (primary N) is 1. The molecule has 0 spiro atoms. The van der Waals surface area contributed by atoms with Gasteiger partial charge in [-0.2, -0.15) is 0 Å². The molecule has 2 heteroatoms. The van der Waals surface area contributed by atoms with Crippen LogP contribution < -0.4 is 5.73 Å². The lowest BCUT2D eigenvalue weighted by Gasteiger charge is -2.34. The largest absolute Gasteiger partial charge is 0.391 e. The first-order valence-corrected chi connectivity index (χ1v) is 3.60. The first-order valence-electron chi connectivity index (χ1n) is 3.60. The van der Waals surface area contributed by atoms with E-state index < -0.39 is 0 Å². The highest BCUT2D eigenvalue weighted by Gasteiger charge is 2.30. The zero-order valence-electron chi connectivity index (χ0n) is 5.93. The normalized spacial score (nSPS) is 45.0. The van der Waals surface area contributed by atoms with Crippen LogP contribution in [0.4, 0.5) is 0 Å². The minimum atomic E-state index is -0.307. The van der Waals surface area contributed by atoms with Gasteiger partial charge in [-0.25, -0.2) is 0 Å². The quantitative estimate of drug-likeness (QED) is 0.504. The van der Waals surface area contributed by atoms with E-state index in [-0.39, 0.29) is 11.6 Å². The Morgan fingerprint density at radius 1 is 1.56 bits per heavy atom. The molecule has 1 unspecified atom stereocenters. The average Bonchev–Trinajstić information content (AvgIpc) is 1.77. The van der Waals surface area contributed by atoms with Crippen molar-refractivity contribution in [3.8, 4) is 0 Å². The molecule has 1 saturated carbocycles. The van der Waals surface area contributed by atoms with E-state index in [1.807, 2.05) is 6.92 Å². The first kappa shape index (κ1) is 7.03. The fraction of sp³-hybridized carbons (Fsp3) is 1.00. The average molecular weight is 129 g/mol. The van der Waals surface area contributed by atoms with Crippen molar-refractivity contribution in [2.24, 2.45) is 5.73 Å². The van der Waals surface area contributed by atoms with Crippen molar-refractivity contribution in [1.82, 2.24) is 0 Å². The van der Waals surface area contributed by atoms with Gasteiger partial charge >= 0.3 is 0 Å². The zero-order chi connectivity index (χ0) is 6.91. The summed E-state index contributed by atoms with van der Waals surface area (Å²) >= 11 is 0. The monoisotopic (exact) mass is 129 g/mol. The van der Waals surface area contributed by atoms with Crippen molar-refractivity contribution in [2.75, 3.05) is 0 Å². The molecule has 1 aliphatic carbocycles. The molecule has 0 heterocycles. The van der Waals surface area contributed by atoms with Crippen molar-refractivity contribution in [2.45, 2.75) is 44.2 Å². The molecule has 1 aliphatic rings. The number of rotatable bonds is 0. The predicted molar refractivity (Wildman–Crippen MR) is 37.1 cm³/mol. The van der Waals surface area contributed by atoms with Gasteiger partial charge in [-0.05, 0) is 19.8 Å². The molecule has 0 bridgehead atoms. The summed E-state index contributed by atoms with van der Waals surface area (Å²) in [5.41, 5.74) is 5.46. The van der Waals surface area contributed by atoms with E-state index in [2.05, 4.69) is 0 Å². The van der Waals surface area contributed by atoms with E-state index >= 15 is 0 Å². The predicted octanol–water partition coefficient (Wildman–Crippen LogP) is 0.639. The van der Waals surface area contributed by atoms with Crippen LogP contribution in [0.2, 0.25) is 0 Å². The van der Waals surface area contributed by atoms with Gasteiger partial charge in [0.25, 0.3) is 0 Å². The summed E-state index contributed by atoms with van der Waals surface area (Å²) in [7, 11) is 0. The SMILES string of the molecule is C[C@]1(N)CCCCC1O. The van der Waals surface area contributed by atoms with E-state index in [0.717, 1.165) is 19.3 Å². The molecule has 1 fully saturated rings. The second kappa shape index (κ2) is 2.27. The minimum Gasteiger partial charge on any atom is -0.391 e. The Bertz CT molecular complexity index is 101. The number of aliphatic hydroxyl groups excluding tert-OH is 1. The highest BCUT2D eigenvalue weighted by atomic mass is 16.3. The highest BCUT2D eigenvalue weighted by Crippen LogP contribution is 2.25. The maximum atomic E-state index is 9.31. The van der Waals surface area contributed by atoms with Gasteiger partial charge in [0.05, 0.1) is 6.10 Å². The van der Waals surface area contributed by atoms with Crippen LogP contribution in [0, 0.1) is 0 Å². The summed E-state index contributed by atoms with van der Waals surface area (Å²) < 4.78 is 0. The van der Waals surface area contributed by atoms with Gasteiger partial charge in [-0.1, -0.05) is 12.8 Å². The molecule has 3 N–H and O–H groups in total. The van der Waals surface area contributed by atoms with Crippen LogP contribution in [0.15, 0.2) is 0 Å². The van der Waals surface area contributed by atoms with E-state index in [4.69, 9.17) is 5.73 Å². The minimum absolute atomic E-state index is 0.272. The molecule has 2 nitrogen and oxygen atoms in total. The third kappa shape index (κ3) is 1.43. The molecule has 0 aromatic heterocycles. The molecule has 1 rings (SSSR count). The molecule has 0 saturated heterocycles. The molecule has 0 aromatic rings. The fourth-order valence-electron chi connectivity index (χ4n) is 1.34. The molecule has 9 heavy (non-hydrogen) atoms. The Balaban J connectivity index is 2.49. The van der Waals surface area contributed by atoms with Crippen LogP contribution in [-0.2, 0) is 0 Å². The van der Waals surface area contributed by atoms with Crippen LogP contribution >= 0.6 is 0 Å². The third-order valence-electron chi connectivity index (χ3n) is 2.20. The lowest BCUT2D eigenvalue weighted by Crippen LogP contribution is -2.49. The van der Waals surface area contributed by atoms with Crippen LogP contribution in [-0.4, -0.2) is 16.7 Å². The molecular formula is C7H15NO. The van der Waals surface area contributed by atoms with Crippen molar-refractivity contribution in [3.05, 3.63) is 0 Å². The molecular weight excluding hydrogens is 114 g/mol. The molecule has 0 aliphatic heterocycles. The van der Waals surface area contributed by atoms with E-state index in [1.54, 1.807) is 0 Å². The van der Waals surface area contributed by atoms with E-state index in [9.17, 15) is 5.11 Å². The number of aliphatic hydroxyl groups is 1. The molecule has 54 valence electrons. The Kier molecular flexibility index (Phi) is 1.78.